The quantitative estimate of drug-likeness (QED) is 0.261. The van der Waals surface area contributed by atoms with E-state index in [1.165, 1.54) is 18.4 Å². The number of aromatic amines is 1. The smallest absolute Gasteiger partial charge is 0.305 e. The number of hydrogen-bond acceptors (Lipinski definition) is 6. The lowest BCUT2D eigenvalue weighted by Gasteiger charge is -2.29. The van der Waals surface area contributed by atoms with Gasteiger partial charge >= 0.3 is 4.87 Å². The number of carbonyl (C=O) groups is 1. The number of carbonyl (C=O) groups excluding carboxylic acids is 1. The van der Waals surface area contributed by atoms with Gasteiger partial charge in [0, 0.05) is 38.6 Å². The molecule has 194 valence electrons. The lowest BCUT2D eigenvalue weighted by Crippen LogP contribution is -2.44. The van der Waals surface area contributed by atoms with Gasteiger partial charge in [-0.1, -0.05) is 67.5 Å². The van der Waals surface area contributed by atoms with E-state index in [9.17, 15) is 14.7 Å². The SMILES string of the molecule is CC(CNCCC(=O)N(CCNCCc1ccc(O)c2[nH]c(=O)sc12)C1CCCC1)c1ccccc1. The van der Waals surface area contributed by atoms with Crippen LogP contribution in [0.3, 0.4) is 0 Å². The van der Waals surface area contributed by atoms with Crippen LogP contribution >= 0.6 is 11.3 Å². The molecule has 0 radical (unpaired) electrons. The Kier molecular flexibility index (Phi) is 9.55. The summed E-state index contributed by atoms with van der Waals surface area (Å²) in [6.45, 7) is 5.97. The molecule has 1 unspecified atom stereocenters. The summed E-state index contributed by atoms with van der Waals surface area (Å²) in [5, 5.41) is 16.9. The van der Waals surface area contributed by atoms with Crippen LogP contribution in [0.15, 0.2) is 47.3 Å². The fourth-order valence-electron chi connectivity index (χ4n) is 5.10. The Morgan fingerprint density at radius 3 is 2.67 bits per heavy atom. The molecule has 1 atom stereocenters. The van der Waals surface area contributed by atoms with Gasteiger partial charge in [0.2, 0.25) is 5.91 Å². The highest BCUT2D eigenvalue weighted by molar-refractivity contribution is 7.16. The van der Waals surface area contributed by atoms with Crippen molar-refractivity contribution < 1.29 is 9.90 Å². The first-order valence-corrected chi connectivity index (χ1v) is 13.9. The maximum absolute atomic E-state index is 13.1. The van der Waals surface area contributed by atoms with Crippen LogP contribution in [0, 0.1) is 0 Å². The van der Waals surface area contributed by atoms with Gasteiger partial charge in [-0.25, -0.2) is 0 Å². The van der Waals surface area contributed by atoms with Gasteiger partial charge < -0.3 is 25.6 Å². The average molecular weight is 511 g/mol. The summed E-state index contributed by atoms with van der Waals surface area (Å²) in [5.41, 5.74) is 2.87. The zero-order chi connectivity index (χ0) is 25.3. The first-order chi connectivity index (χ1) is 17.5. The predicted molar refractivity (Wildman–Crippen MR) is 147 cm³/mol. The molecule has 1 aromatic heterocycles. The standard InChI is InChI=1S/C28H38N4O3S/c1-20(21-7-3-2-4-8-21)19-30-16-14-25(34)32(23-9-5-6-10-23)18-17-29-15-13-22-11-12-24(33)26-27(22)36-28(35)31-26/h2-4,7-8,11-12,20,23,29-30,33H,5-6,9-10,13-19H2,1H3,(H,31,35). The van der Waals surface area contributed by atoms with Gasteiger partial charge in [0.1, 0.15) is 11.3 Å². The zero-order valence-corrected chi connectivity index (χ0v) is 21.9. The van der Waals surface area contributed by atoms with E-state index >= 15 is 0 Å². The Balaban J connectivity index is 1.21. The Morgan fingerprint density at radius 2 is 1.89 bits per heavy atom. The van der Waals surface area contributed by atoms with Gasteiger partial charge in [-0.15, -0.1) is 0 Å². The van der Waals surface area contributed by atoms with Gasteiger partial charge in [-0.05, 0) is 48.9 Å². The number of benzene rings is 2. The normalized spacial score (nSPS) is 14.9. The van der Waals surface area contributed by atoms with E-state index in [2.05, 4.69) is 51.7 Å². The molecule has 36 heavy (non-hydrogen) atoms. The van der Waals surface area contributed by atoms with Crippen LogP contribution in [0.5, 0.6) is 5.75 Å². The van der Waals surface area contributed by atoms with Crippen molar-refractivity contribution in [1.29, 1.82) is 0 Å². The minimum Gasteiger partial charge on any atom is -0.506 e. The number of hydrogen-bond donors (Lipinski definition) is 4. The minimum absolute atomic E-state index is 0.106. The number of thiazole rings is 1. The molecule has 7 nitrogen and oxygen atoms in total. The number of rotatable bonds is 13. The van der Waals surface area contributed by atoms with Crippen LogP contribution in [-0.2, 0) is 11.2 Å². The third-order valence-corrected chi connectivity index (χ3v) is 8.12. The monoisotopic (exact) mass is 510 g/mol. The van der Waals surface area contributed by atoms with Crippen LogP contribution in [-0.4, -0.2) is 59.7 Å². The van der Waals surface area contributed by atoms with E-state index in [1.807, 2.05) is 12.1 Å². The summed E-state index contributed by atoms with van der Waals surface area (Å²) in [6.07, 6.45) is 5.88. The average Bonchev–Trinajstić information content (AvgIpc) is 3.56. The first kappa shape index (κ1) is 26.4. The second-order valence-corrected chi connectivity index (χ2v) is 10.7. The van der Waals surface area contributed by atoms with E-state index in [4.69, 9.17) is 0 Å². The molecule has 1 amide bonds. The molecule has 1 fully saturated rings. The summed E-state index contributed by atoms with van der Waals surface area (Å²) in [5.74, 6) is 0.759. The van der Waals surface area contributed by atoms with E-state index in [-0.39, 0.29) is 16.5 Å². The molecule has 8 heteroatoms. The van der Waals surface area contributed by atoms with Crippen molar-refractivity contribution in [2.75, 3.05) is 32.7 Å². The van der Waals surface area contributed by atoms with Crippen molar-refractivity contribution in [3.05, 3.63) is 63.3 Å². The molecule has 0 aliphatic heterocycles. The molecule has 2 aromatic carbocycles. The molecular weight excluding hydrogens is 472 g/mol. The second kappa shape index (κ2) is 13.0. The Labute approximate surface area is 216 Å². The van der Waals surface area contributed by atoms with E-state index in [0.717, 1.165) is 60.5 Å². The van der Waals surface area contributed by atoms with Crippen molar-refractivity contribution in [3.63, 3.8) is 0 Å². The van der Waals surface area contributed by atoms with Gasteiger partial charge in [0.25, 0.3) is 0 Å². The highest BCUT2D eigenvalue weighted by Gasteiger charge is 2.25. The summed E-state index contributed by atoms with van der Waals surface area (Å²) < 4.78 is 0.818. The summed E-state index contributed by atoms with van der Waals surface area (Å²) in [6, 6.07) is 14.3. The van der Waals surface area contributed by atoms with E-state index in [1.54, 1.807) is 6.07 Å². The molecule has 0 spiro atoms. The van der Waals surface area contributed by atoms with Crippen LogP contribution in [0.2, 0.25) is 0 Å². The van der Waals surface area contributed by atoms with Crippen LogP contribution < -0.4 is 15.5 Å². The van der Waals surface area contributed by atoms with Crippen molar-refractivity contribution in [2.45, 2.75) is 57.4 Å². The molecule has 4 rings (SSSR count). The molecule has 1 aliphatic rings. The Hall–Kier alpha value is -2.68. The lowest BCUT2D eigenvalue weighted by molar-refractivity contribution is -0.133. The van der Waals surface area contributed by atoms with Gasteiger partial charge in [0.15, 0.2) is 0 Å². The fourth-order valence-corrected chi connectivity index (χ4v) is 6.00. The molecule has 3 aromatic rings. The minimum atomic E-state index is -0.157. The van der Waals surface area contributed by atoms with Crippen molar-refractivity contribution >= 4 is 27.5 Å². The van der Waals surface area contributed by atoms with Crippen LogP contribution in [0.25, 0.3) is 10.2 Å². The van der Waals surface area contributed by atoms with Crippen molar-refractivity contribution in [2.24, 2.45) is 0 Å². The number of nitrogens with zero attached hydrogens (tertiary/aromatic N) is 1. The topological polar surface area (TPSA) is 97.5 Å². The number of H-pyrrole nitrogens is 1. The van der Waals surface area contributed by atoms with Crippen LogP contribution in [0.1, 0.15) is 56.1 Å². The van der Waals surface area contributed by atoms with Gasteiger partial charge in [-0.3, -0.25) is 9.59 Å². The van der Waals surface area contributed by atoms with Crippen LogP contribution in [0.4, 0.5) is 0 Å². The number of fused-ring (bicyclic) bond motifs is 1. The highest BCUT2D eigenvalue weighted by atomic mass is 32.1. The number of amides is 1. The zero-order valence-electron chi connectivity index (χ0n) is 21.1. The number of aromatic nitrogens is 1. The molecule has 1 saturated carbocycles. The largest absolute Gasteiger partial charge is 0.506 e. The van der Waals surface area contributed by atoms with E-state index in [0.29, 0.717) is 37.0 Å². The summed E-state index contributed by atoms with van der Waals surface area (Å²) in [7, 11) is 0. The number of phenolic OH excluding ortho intramolecular Hbond substituents is 1. The molecular formula is C28H38N4O3S. The number of phenols is 1. The van der Waals surface area contributed by atoms with E-state index < -0.39 is 0 Å². The molecule has 1 aliphatic carbocycles. The maximum atomic E-state index is 13.1. The first-order valence-electron chi connectivity index (χ1n) is 13.1. The molecule has 0 bridgehead atoms. The number of nitrogens with one attached hydrogen (secondary N) is 3. The molecule has 4 N–H and O–H groups in total. The van der Waals surface area contributed by atoms with Crippen molar-refractivity contribution in [3.8, 4) is 5.75 Å². The van der Waals surface area contributed by atoms with Crippen molar-refractivity contribution in [1.82, 2.24) is 20.5 Å². The summed E-state index contributed by atoms with van der Waals surface area (Å²) >= 11 is 1.13. The Bertz CT molecular complexity index is 1170. The van der Waals surface area contributed by atoms with Gasteiger partial charge in [0.05, 0.1) is 4.70 Å². The molecule has 0 saturated heterocycles. The molecule has 1 heterocycles. The third-order valence-electron chi connectivity index (χ3n) is 7.16. The summed E-state index contributed by atoms with van der Waals surface area (Å²) in [4.78, 5) is 29.5. The highest BCUT2D eigenvalue weighted by Crippen LogP contribution is 2.28. The predicted octanol–water partition coefficient (Wildman–Crippen LogP) is 3.98. The maximum Gasteiger partial charge on any atom is 0.305 e. The Morgan fingerprint density at radius 1 is 1.11 bits per heavy atom. The number of aromatic hydroxyl groups is 1. The van der Waals surface area contributed by atoms with Gasteiger partial charge in [-0.2, -0.15) is 0 Å². The lowest BCUT2D eigenvalue weighted by atomic mass is 10.0. The second-order valence-electron chi connectivity index (χ2n) is 9.75. The third kappa shape index (κ3) is 6.96. The fraction of sp³-hybridized carbons (Fsp3) is 0.500.